The van der Waals surface area contributed by atoms with Gasteiger partial charge in [-0.25, -0.2) is 4.79 Å². The highest BCUT2D eigenvalue weighted by Crippen LogP contribution is 2.38. The third-order valence-corrected chi connectivity index (χ3v) is 3.83. The average molecular weight is 277 g/mol. The molecule has 4 rings (SSSR count). The molecule has 2 N–H and O–H groups in total. The number of aromatic amines is 1. The van der Waals surface area contributed by atoms with Crippen molar-refractivity contribution in [1.29, 1.82) is 0 Å². The SMILES string of the molecule is O=C(O)c1[nH]nnc1-c1ccc2c(c1)Cc1ccccc1-2. The van der Waals surface area contributed by atoms with Gasteiger partial charge in [0.25, 0.3) is 0 Å². The molecular weight excluding hydrogens is 266 g/mol. The molecule has 2 aromatic carbocycles. The minimum Gasteiger partial charge on any atom is -0.476 e. The molecule has 0 spiro atoms. The molecular formula is C16H11N3O2. The van der Waals surface area contributed by atoms with Crippen LogP contribution in [0.15, 0.2) is 42.5 Å². The van der Waals surface area contributed by atoms with Crippen molar-refractivity contribution in [2.24, 2.45) is 0 Å². The van der Waals surface area contributed by atoms with Crippen LogP contribution in [-0.4, -0.2) is 26.5 Å². The Morgan fingerprint density at radius 3 is 2.76 bits per heavy atom. The van der Waals surface area contributed by atoms with Gasteiger partial charge in [-0.15, -0.1) is 5.10 Å². The third-order valence-electron chi connectivity index (χ3n) is 3.83. The number of rotatable bonds is 2. The van der Waals surface area contributed by atoms with E-state index in [1.807, 2.05) is 30.3 Å². The second-order valence-corrected chi connectivity index (χ2v) is 5.05. The maximum Gasteiger partial charge on any atom is 0.356 e. The molecule has 0 bridgehead atoms. The van der Waals surface area contributed by atoms with Gasteiger partial charge in [0.05, 0.1) is 0 Å². The van der Waals surface area contributed by atoms with Gasteiger partial charge in [-0.05, 0) is 34.7 Å². The summed E-state index contributed by atoms with van der Waals surface area (Å²) in [6, 6.07) is 14.2. The van der Waals surface area contributed by atoms with Crippen molar-refractivity contribution in [1.82, 2.24) is 15.4 Å². The lowest BCUT2D eigenvalue weighted by molar-refractivity contribution is 0.0691. The molecule has 21 heavy (non-hydrogen) atoms. The van der Waals surface area contributed by atoms with Crippen LogP contribution in [-0.2, 0) is 6.42 Å². The maximum absolute atomic E-state index is 11.2. The summed E-state index contributed by atoms with van der Waals surface area (Å²) in [7, 11) is 0. The summed E-state index contributed by atoms with van der Waals surface area (Å²) in [6.45, 7) is 0. The highest BCUT2D eigenvalue weighted by atomic mass is 16.4. The standard InChI is InChI=1S/C16H11N3O2/c20-16(21)15-14(17-19-18-15)10-5-6-13-11(8-10)7-9-3-1-2-4-12(9)13/h1-6,8H,7H2,(H,20,21)(H,17,18,19). The van der Waals surface area contributed by atoms with Gasteiger partial charge in [0.15, 0.2) is 5.69 Å². The van der Waals surface area contributed by atoms with Gasteiger partial charge in [0.1, 0.15) is 5.69 Å². The van der Waals surface area contributed by atoms with Crippen molar-refractivity contribution in [3.8, 4) is 22.4 Å². The Balaban J connectivity index is 1.83. The molecule has 0 aliphatic heterocycles. The van der Waals surface area contributed by atoms with Gasteiger partial charge >= 0.3 is 5.97 Å². The zero-order chi connectivity index (χ0) is 14.4. The smallest absolute Gasteiger partial charge is 0.356 e. The fraction of sp³-hybridized carbons (Fsp3) is 0.0625. The lowest BCUT2D eigenvalue weighted by atomic mass is 10.0. The summed E-state index contributed by atoms with van der Waals surface area (Å²) in [5, 5.41) is 19.1. The number of aromatic carboxylic acids is 1. The van der Waals surface area contributed by atoms with E-state index < -0.39 is 5.97 Å². The Morgan fingerprint density at radius 2 is 1.90 bits per heavy atom. The van der Waals surface area contributed by atoms with Gasteiger partial charge in [0, 0.05) is 5.56 Å². The fourth-order valence-corrected chi connectivity index (χ4v) is 2.87. The molecule has 3 aromatic rings. The fourth-order valence-electron chi connectivity index (χ4n) is 2.87. The van der Waals surface area contributed by atoms with E-state index in [0.29, 0.717) is 5.69 Å². The molecule has 102 valence electrons. The summed E-state index contributed by atoms with van der Waals surface area (Å²) in [5.41, 5.74) is 6.10. The van der Waals surface area contributed by atoms with E-state index in [2.05, 4.69) is 27.5 Å². The van der Waals surface area contributed by atoms with Crippen molar-refractivity contribution in [3.63, 3.8) is 0 Å². The second-order valence-electron chi connectivity index (χ2n) is 5.05. The lowest BCUT2D eigenvalue weighted by Gasteiger charge is -2.03. The molecule has 0 atom stereocenters. The first-order valence-corrected chi connectivity index (χ1v) is 6.60. The molecule has 5 heteroatoms. The van der Waals surface area contributed by atoms with Gasteiger partial charge < -0.3 is 5.11 Å². The number of aromatic nitrogens is 3. The number of H-pyrrole nitrogens is 1. The number of hydrogen-bond donors (Lipinski definition) is 2. The van der Waals surface area contributed by atoms with Crippen LogP contribution in [0.1, 0.15) is 21.6 Å². The highest BCUT2D eigenvalue weighted by molar-refractivity contribution is 5.93. The third kappa shape index (κ3) is 1.74. The number of benzene rings is 2. The highest BCUT2D eigenvalue weighted by Gasteiger charge is 2.21. The van der Waals surface area contributed by atoms with E-state index >= 15 is 0 Å². The summed E-state index contributed by atoms with van der Waals surface area (Å²) in [4.78, 5) is 11.2. The van der Waals surface area contributed by atoms with Crippen molar-refractivity contribution in [2.75, 3.05) is 0 Å². The molecule has 0 saturated carbocycles. The minimum atomic E-state index is -1.06. The molecule has 1 aliphatic rings. The Hall–Kier alpha value is -2.95. The Labute approximate surface area is 120 Å². The zero-order valence-corrected chi connectivity index (χ0v) is 11.0. The van der Waals surface area contributed by atoms with Crippen molar-refractivity contribution < 1.29 is 9.90 Å². The predicted molar refractivity (Wildman–Crippen MR) is 77.0 cm³/mol. The molecule has 0 fully saturated rings. The number of fused-ring (bicyclic) bond motifs is 3. The summed E-state index contributed by atoms with van der Waals surface area (Å²) in [5.74, 6) is -1.06. The first-order valence-electron chi connectivity index (χ1n) is 6.60. The number of carboxylic acids is 1. The quantitative estimate of drug-likeness (QED) is 0.590. The Bertz CT molecular complexity index is 867. The molecule has 1 aromatic heterocycles. The normalized spacial score (nSPS) is 12.0. The van der Waals surface area contributed by atoms with Crippen LogP contribution < -0.4 is 0 Å². The predicted octanol–water partition coefficient (Wildman–Crippen LogP) is 2.74. The average Bonchev–Trinajstić information content (AvgIpc) is 3.11. The van der Waals surface area contributed by atoms with Gasteiger partial charge in [-0.3, -0.25) is 5.10 Å². The molecule has 1 aliphatic carbocycles. The number of carbonyl (C=O) groups is 1. The van der Waals surface area contributed by atoms with Crippen molar-refractivity contribution in [2.45, 2.75) is 6.42 Å². The van der Waals surface area contributed by atoms with E-state index in [-0.39, 0.29) is 5.69 Å². The topological polar surface area (TPSA) is 78.9 Å². The van der Waals surface area contributed by atoms with Crippen molar-refractivity contribution in [3.05, 3.63) is 59.3 Å². The first kappa shape index (κ1) is 11.8. The molecule has 1 heterocycles. The van der Waals surface area contributed by atoms with Gasteiger partial charge in [-0.2, -0.15) is 0 Å². The number of carboxylic acid groups (broad SMARTS) is 1. The summed E-state index contributed by atoms with van der Waals surface area (Å²) < 4.78 is 0. The summed E-state index contributed by atoms with van der Waals surface area (Å²) >= 11 is 0. The number of hydrogen-bond acceptors (Lipinski definition) is 3. The Morgan fingerprint density at radius 1 is 1.10 bits per heavy atom. The van der Waals surface area contributed by atoms with Crippen LogP contribution in [0, 0.1) is 0 Å². The number of nitrogens with zero attached hydrogens (tertiary/aromatic N) is 2. The molecule has 0 amide bonds. The number of nitrogens with one attached hydrogen (secondary N) is 1. The molecule has 0 unspecified atom stereocenters. The van der Waals surface area contributed by atoms with Crippen LogP contribution in [0.25, 0.3) is 22.4 Å². The molecule has 0 saturated heterocycles. The van der Waals surface area contributed by atoms with E-state index in [1.54, 1.807) is 0 Å². The lowest BCUT2D eigenvalue weighted by Crippen LogP contribution is -1.99. The van der Waals surface area contributed by atoms with E-state index in [1.165, 1.54) is 22.3 Å². The van der Waals surface area contributed by atoms with Crippen LogP contribution in [0.5, 0.6) is 0 Å². The zero-order valence-electron chi connectivity index (χ0n) is 11.0. The largest absolute Gasteiger partial charge is 0.476 e. The van der Waals surface area contributed by atoms with Gasteiger partial charge in [-0.1, -0.05) is 41.6 Å². The van der Waals surface area contributed by atoms with Crippen LogP contribution >= 0.6 is 0 Å². The Kier molecular flexibility index (Phi) is 2.41. The van der Waals surface area contributed by atoms with Gasteiger partial charge in [0.2, 0.25) is 0 Å². The first-order chi connectivity index (χ1) is 10.2. The molecule has 5 nitrogen and oxygen atoms in total. The van der Waals surface area contributed by atoms with Crippen LogP contribution in [0.3, 0.4) is 0 Å². The monoisotopic (exact) mass is 277 g/mol. The minimum absolute atomic E-state index is 0.0189. The van der Waals surface area contributed by atoms with E-state index in [9.17, 15) is 4.79 Å². The maximum atomic E-state index is 11.2. The van der Waals surface area contributed by atoms with E-state index in [4.69, 9.17) is 5.11 Å². The van der Waals surface area contributed by atoms with Crippen molar-refractivity contribution >= 4 is 5.97 Å². The second kappa shape index (κ2) is 4.28. The van der Waals surface area contributed by atoms with Crippen LogP contribution in [0.2, 0.25) is 0 Å². The van der Waals surface area contributed by atoms with E-state index in [0.717, 1.165) is 12.0 Å². The van der Waals surface area contributed by atoms with Crippen LogP contribution in [0.4, 0.5) is 0 Å². The summed E-state index contributed by atoms with van der Waals surface area (Å²) in [6.07, 6.45) is 0.861. The molecule has 0 radical (unpaired) electrons.